The highest BCUT2D eigenvalue weighted by molar-refractivity contribution is 7.89. The average Bonchev–Trinajstić information content (AvgIpc) is 2.66. The first kappa shape index (κ1) is 20.9. The van der Waals surface area contributed by atoms with Crippen molar-refractivity contribution in [2.45, 2.75) is 31.2 Å². The lowest BCUT2D eigenvalue weighted by Gasteiger charge is -2.31. The summed E-state index contributed by atoms with van der Waals surface area (Å²) >= 11 is 0. The molecule has 2 aromatic rings. The average molecular weight is 424 g/mol. The summed E-state index contributed by atoms with van der Waals surface area (Å²) in [6, 6.07) is 5.69. The summed E-state index contributed by atoms with van der Waals surface area (Å²) in [6.45, 7) is 1.62. The van der Waals surface area contributed by atoms with Crippen LogP contribution in [0.2, 0.25) is 0 Å². The Balaban J connectivity index is 1.73. The first-order valence-corrected chi connectivity index (χ1v) is 10.5. The molecule has 1 aromatic carbocycles. The van der Waals surface area contributed by atoms with Crippen LogP contribution in [0.25, 0.3) is 0 Å². The zero-order valence-corrected chi connectivity index (χ0v) is 16.5. The summed E-state index contributed by atoms with van der Waals surface area (Å²) in [5.41, 5.74) is -1.12. The number of amides is 1. The predicted molar refractivity (Wildman–Crippen MR) is 102 cm³/mol. The maximum absolute atomic E-state index is 13.0. The van der Waals surface area contributed by atoms with E-state index in [4.69, 9.17) is 0 Å². The Morgan fingerprint density at radius 2 is 1.93 bits per heavy atom. The smallest absolute Gasteiger partial charge is 0.325 e. The number of rotatable bonds is 5. The monoisotopic (exact) mass is 424 g/mol. The van der Waals surface area contributed by atoms with Crippen LogP contribution in [0.5, 0.6) is 0 Å². The van der Waals surface area contributed by atoms with Crippen molar-refractivity contribution in [1.29, 1.82) is 0 Å². The van der Waals surface area contributed by atoms with Crippen LogP contribution in [0.3, 0.4) is 0 Å². The van der Waals surface area contributed by atoms with Gasteiger partial charge in [0.2, 0.25) is 15.9 Å². The maximum atomic E-state index is 13.0. The SMILES string of the molecule is Cc1[nH]c(=O)[nH]c(=O)c1S(=O)(=O)N1CCC[C@@H](C(=O)NCc2ccc(F)cc2)C1. The van der Waals surface area contributed by atoms with Gasteiger partial charge in [0.25, 0.3) is 5.56 Å². The largest absolute Gasteiger partial charge is 0.352 e. The van der Waals surface area contributed by atoms with Gasteiger partial charge in [0.1, 0.15) is 5.82 Å². The van der Waals surface area contributed by atoms with Gasteiger partial charge in [0.15, 0.2) is 4.90 Å². The topological polar surface area (TPSA) is 132 Å². The van der Waals surface area contributed by atoms with Gasteiger partial charge in [-0.2, -0.15) is 4.31 Å². The van der Waals surface area contributed by atoms with Crippen LogP contribution in [-0.2, 0) is 21.4 Å². The van der Waals surface area contributed by atoms with Crippen molar-refractivity contribution in [3.8, 4) is 0 Å². The lowest BCUT2D eigenvalue weighted by Crippen LogP contribution is -2.46. The quantitative estimate of drug-likeness (QED) is 0.632. The van der Waals surface area contributed by atoms with Crippen molar-refractivity contribution in [2.24, 2.45) is 5.92 Å². The summed E-state index contributed by atoms with van der Waals surface area (Å²) < 4.78 is 39.9. The van der Waals surface area contributed by atoms with Gasteiger partial charge in [0.05, 0.1) is 5.92 Å². The Hall–Kier alpha value is -2.79. The lowest BCUT2D eigenvalue weighted by atomic mass is 9.99. The van der Waals surface area contributed by atoms with E-state index in [0.717, 1.165) is 9.87 Å². The minimum absolute atomic E-state index is 0.0540. The van der Waals surface area contributed by atoms with E-state index in [1.807, 2.05) is 4.98 Å². The van der Waals surface area contributed by atoms with Gasteiger partial charge in [-0.25, -0.2) is 17.6 Å². The minimum Gasteiger partial charge on any atom is -0.352 e. The molecular weight excluding hydrogens is 403 g/mol. The molecular formula is C18H21FN4O5S. The Bertz CT molecular complexity index is 1120. The van der Waals surface area contributed by atoms with Crippen molar-refractivity contribution in [2.75, 3.05) is 13.1 Å². The van der Waals surface area contributed by atoms with Crippen molar-refractivity contribution < 1.29 is 17.6 Å². The molecule has 0 spiro atoms. The minimum atomic E-state index is -4.18. The van der Waals surface area contributed by atoms with Crippen molar-refractivity contribution in [3.63, 3.8) is 0 Å². The normalized spacial score (nSPS) is 17.8. The first-order chi connectivity index (χ1) is 13.7. The second-order valence-electron chi connectivity index (χ2n) is 6.91. The summed E-state index contributed by atoms with van der Waals surface area (Å²) in [6.07, 6.45) is 0.955. The number of hydrogen-bond donors (Lipinski definition) is 3. The molecule has 0 unspecified atom stereocenters. The number of aromatic amines is 2. The van der Waals surface area contributed by atoms with Crippen LogP contribution in [0.15, 0.2) is 38.8 Å². The molecule has 1 aliphatic heterocycles. The van der Waals surface area contributed by atoms with Crippen LogP contribution >= 0.6 is 0 Å². The molecule has 3 N–H and O–H groups in total. The molecule has 9 nitrogen and oxygen atoms in total. The van der Waals surface area contributed by atoms with E-state index in [1.54, 1.807) is 12.1 Å². The number of carbonyl (C=O) groups excluding carboxylic acids is 1. The Labute approximate surface area is 166 Å². The molecule has 1 aromatic heterocycles. The molecule has 2 heterocycles. The lowest BCUT2D eigenvalue weighted by molar-refractivity contribution is -0.126. The van der Waals surface area contributed by atoms with E-state index >= 15 is 0 Å². The third-order valence-electron chi connectivity index (χ3n) is 4.81. The maximum Gasteiger partial charge on any atom is 0.325 e. The molecule has 0 radical (unpaired) electrons. The van der Waals surface area contributed by atoms with Gasteiger partial charge >= 0.3 is 5.69 Å². The molecule has 1 saturated heterocycles. The third-order valence-corrected chi connectivity index (χ3v) is 6.83. The highest BCUT2D eigenvalue weighted by Crippen LogP contribution is 2.23. The van der Waals surface area contributed by atoms with Crippen LogP contribution in [0.4, 0.5) is 4.39 Å². The van der Waals surface area contributed by atoms with E-state index in [9.17, 15) is 27.2 Å². The summed E-state index contributed by atoms with van der Waals surface area (Å²) in [5.74, 6) is -1.27. The molecule has 1 aliphatic rings. The van der Waals surface area contributed by atoms with Gasteiger partial charge in [-0.3, -0.25) is 14.6 Å². The molecule has 0 saturated carbocycles. The Morgan fingerprint density at radius 1 is 1.24 bits per heavy atom. The summed E-state index contributed by atoms with van der Waals surface area (Å²) in [5, 5.41) is 2.73. The molecule has 1 atom stereocenters. The number of nitrogens with zero attached hydrogens (tertiary/aromatic N) is 1. The number of sulfonamides is 1. The highest BCUT2D eigenvalue weighted by Gasteiger charge is 2.35. The molecule has 0 bridgehead atoms. The number of carbonyl (C=O) groups is 1. The number of halogens is 1. The zero-order valence-electron chi connectivity index (χ0n) is 15.7. The van der Waals surface area contributed by atoms with E-state index in [1.165, 1.54) is 19.1 Å². The van der Waals surface area contributed by atoms with Crippen LogP contribution < -0.4 is 16.6 Å². The molecule has 3 rings (SSSR count). The fourth-order valence-electron chi connectivity index (χ4n) is 3.34. The van der Waals surface area contributed by atoms with E-state index in [2.05, 4.69) is 10.3 Å². The van der Waals surface area contributed by atoms with Crippen molar-refractivity contribution in [1.82, 2.24) is 19.6 Å². The predicted octanol–water partition coefficient (Wildman–Crippen LogP) is 0.228. The van der Waals surface area contributed by atoms with Crippen molar-refractivity contribution >= 4 is 15.9 Å². The van der Waals surface area contributed by atoms with Gasteiger partial charge in [-0.1, -0.05) is 12.1 Å². The Kier molecular flexibility index (Phi) is 5.99. The standard InChI is InChI=1S/C18H21FN4O5S/c1-11-15(17(25)22-18(26)21-11)29(27,28)23-8-2-3-13(10-23)16(24)20-9-12-4-6-14(19)7-5-12/h4-7,13H,2-3,8-10H2,1H3,(H,20,24)(H2,21,22,25,26)/t13-/m1/s1. The van der Waals surface area contributed by atoms with Crippen molar-refractivity contribution in [3.05, 3.63) is 62.2 Å². The molecule has 1 fully saturated rings. The summed E-state index contributed by atoms with van der Waals surface area (Å²) in [4.78, 5) is 39.6. The van der Waals surface area contributed by atoms with Gasteiger partial charge < -0.3 is 10.3 Å². The number of aromatic nitrogens is 2. The third kappa shape index (κ3) is 4.62. The molecule has 0 aliphatic carbocycles. The second kappa shape index (κ2) is 8.29. The first-order valence-electron chi connectivity index (χ1n) is 9.04. The highest BCUT2D eigenvalue weighted by atomic mass is 32.2. The Morgan fingerprint density at radius 3 is 2.59 bits per heavy atom. The number of H-pyrrole nitrogens is 2. The van der Waals surface area contributed by atoms with Gasteiger partial charge in [-0.05, 0) is 37.5 Å². The number of hydrogen-bond acceptors (Lipinski definition) is 5. The molecule has 1 amide bonds. The fraction of sp³-hybridized carbons (Fsp3) is 0.389. The molecule has 156 valence electrons. The second-order valence-corrected chi connectivity index (χ2v) is 8.78. The number of benzene rings is 1. The summed E-state index contributed by atoms with van der Waals surface area (Å²) in [7, 11) is -4.18. The number of nitrogens with one attached hydrogen (secondary N) is 3. The van der Waals surface area contributed by atoms with Crippen LogP contribution in [0.1, 0.15) is 24.1 Å². The molecule has 29 heavy (non-hydrogen) atoms. The fourth-order valence-corrected chi connectivity index (χ4v) is 5.07. The zero-order chi connectivity index (χ0) is 21.2. The number of piperidine rings is 1. The van der Waals surface area contributed by atoms with E-state index in [-0.39, 0.29) is 37.1 Å². The van der Waals surface area contributed by atoms with E-state index < -0.39 is 32.1 Å². The van der Waals surface area contributed by atoms with Crippen LogP contribution in [0, 0.1) is 18.7 Å². The van der Waals surface area contributed by atoms with E-state index in [0.29, 0.717) is 12.8 Å². The van der Waals surface area contributed by atoms with Gasteiger partial charge in [0, 0.05) is 25.3 Å². The van der Waals surface area contributed by atoms with Crippen LogP contribution in [-0.4, -0.2) is 41.7 Å². The molecule has 11 heteroatoms. The van der Waals surface area contributed by atoms with Gasteiger partial charge in [-0.15, -0.1) is 0 Å². The number of aryl methyl sites for hydroxylation is 1.